The number of methoxy groups -OCH3 is 2. The molecule has 0 saturated heterocycles. The molecule has 0 radical (unpaired) electrons. The summed E-state index contributed by atoms with van der Waals surface area (Å²) in [5.41, 5.74) is 5.49. The maximum absolute atomic E-state index is 12.3. The van der Waals surface area contributed by atoms with Crippen molar-refractivity contribution in [2.75, 3.05) is 38.5 Å². The van der Waals surface area contributed by atoms with Crippen LogP contribution in [-0.4, -0.2) is 46.0 Å². The van der Waals surface area contributed by atoms with Crippen LogP contribution in [0, 0.1) is 0 Å². The summed E-state index contributed by atoms with van der Waals surface area (Å²) < 4.78 is 11.1. The lowest BCUT2D eigenvalue weighted by molar-refractivity contribution is -0.115. The zero-order valence-corrected chi connectivity index (χ0v) is 14.7. The van der Waals surface area contributed by atoms with Crippen molar-refractivity contribution >= 4 is 40.9 Å². The van der Waals surface area contributed by atoms with E-state index in [2.05, 4.69) is 10.6 Å². The highest BCUT2D eigenvalue weighted by Gasteiger charge is 2.34. The molecule has 24 heavy (non-hydrogen) atoms. The van der Waals surface area contributed by atoms with Crippen molar-refractivity contribution in [1.82, 2.24) is 10.6 Å². The number of nitrogen functional groups attached to an aromatic ring is 1. The Kier molecular flexibility index (Phi) is 6.24. The van der Waals surface area contributed by atoms with Crippen molar-refractivity contribution in [3.05, 3.63) is 11.1 Å². The molecule has 4 N–H and O–H groups in total. The van der Waals surface area contributed by atoms with Crippen LogP contribution >= 0.6 is 11.8 Å². The Balaban J connectivity index is 4.08. The van der Waals surface area contributed by atoms with Crippen LogP contribution in [0.4, 0.5) is 11.4 Å². The van der Waals surface area contributed by atoms with Crippen molar-refractivity contribution in [1.29, 1.82) is 0 Å². The topological polar surface area (TPSA) is 123 Å². The first-order valence-corrected chi connectivity index (χ1v) is 7.08. The van der Waals surface area contributed by atoms with Gasteiger partial charge in [0.05, 0.1) is 19.9 Å². The third-order valence-corrected chi connectivity index (χ3v) is 3.62. The molecule has 10 heteroatoms. The molecule has 0 bridgehead atoms. The number of benzene rings is 1. The van der Waals surface area contributed by atoms with Gasteiger partial charge in [0.1, 0.15) is 16.8 Å². The van der Waals surface area contributed by atoms with Crippen LogP contribution in [0.3, 0.4) is 0 Å². The second-order valence-electron chi connectivity index (χ2n) is 4.54. The predicted molar refractivity (Wildman–Crippen MR) is 89.8 cm³/mol. The summed E-state index contributed by atoms with van der Waals surface area (Å²) in [6.45, 7) is 1.18. The summed E-state index contributed by atoms with van der Waals surface area (Å²) in [5, 5.41) is 4.81. The van der Waals surface area contributed by atoms with Crippen LogP contribution in [0.1, 0.15) is 27.6 Å². The molecule has 0 aliphatic carbocycles. The summed E-state index contributed by atoms with van der Waals surface area (Å²) >= 11 is 6.03. The summed E-state index contributed by atoms with van der Waals surface area (Å²) in [5.74, 6) is -2.05. The predicted octanol–water partition coefficient (Wildman–Crippen LogP) is 0.512. The minimum atomic E-state index is -0.623. The van der Waals surface area contributed by atoms with E-state index in [0.717, 1.165) is 0 Å². The van der Waals surface area contributed by atoms with E-state index >= 15 is 0 Å². The minimum absolute atomic E-state index is 0.101. The van der Waals surface area contributed by atoms with Crippen molar-refractivity contribution in [2.24, 2.45) is 0 Å². The highest BCUT2D eigenvalue weighted by Crippen LogP contribution is 2.46. The average molecular weight is 359 g/mol. The van der Waals surface area contributed by atoms with Gasteiger partial charge in [0.15, 0.2) is 11.5 Å². The Morgan fingerprint density at radius 2 is 1.46 bits per heavy atom. The van der Waals surface area contributed by atoms with Gasteiger partial charge in [-0.2, -0.15) is 0 Å². The average Bonchev–Trinajstić information content (AvgIpc) is 2.58. The zero-order valence-electron chi connectivity index (χ0n) is 13.9. The van der Waals surface area contributed by atoms with Gasteiger partial charge in [-0.3, -0.25) is 14.4 Å². The van der Waals surface area contributed by atoms with Crippen LogP contribution < -0.4 is 30.3 Å². The molecule has 9 nitrogen and oxygen atoms in total. The molecule has 0 aromatic heterocycles. The van der Waals surface area contributed by atoms with Crippen molar-refractivity contribution in [3.63, 3.8) is 0 Å². The molecular weight excluding hydrogens is 340 g/mol. The summed E-state index contributed by atoms with van der Waals surface area (Å²) in [6, 6.07) is 0. The Morgan fingerprint density at radius 3 is 1.83 bits per heavy atom. The Hall–Kier alpha value is -2.68. The highest BCUT2D eigenvalue weighted by molar-refractivity contribution is 6.38. The first-order chi connectivity index (χ1) is 11.3. The van der Waals surface area contributed by atoms with E-state index in [1.165, 1.54) is 35.2 Å². The molecule has 0 atom stereocenters. The van der Waals surface area contributed by atoms with Crippen LogP contribution in [0.2, 0.25) is 0 Å². The smallest absolute Gasteiger partial charge is 0.257 e. The van der Waals surface area contributed by atoms with Gasteiger partial charge in [-0.1, -0.05) is 0 Å². The van der Waals surface area contributed by atoms with E-state index in [0.29, 0.717) is 4.42 Å². The van der Waals surface area contributed by atoms with Gasteiger partial charge in [0.2, 0.25) is 5.91 Å². The number of hydrogen-bond acceptors (Lipinski definition) is 6. The molecule has 0 heterocycles. The fourth-order valence-electron chi connectivity index (χ4n) is 2.15. The SMILES string of the molecule is CNC(=O)c1c(N)c(OC)c(C(=O)NC)c(N(Cl)C(C)=O)c1OC. The van der Waals surface area contributed by atoms with E-state index in [9.17, 15) is 14.4 Å². The Bertz CT molecular complexity index is 692. The second-order valence-corrected chi connectivity index (χ2v) is 4.87. The number of nitrogens with one attached hydrogen (secondary N) is 2. The molecule has 0 spiro atoms. The van der Waals surface area contributed by atoms with Crippen LogP contribution in [0.15, 0.2) is 0 Å². The number of halogens is 1. The number of carbonyl (C=O) groups excluding carboxylic acids is 3. The van der Waals surface area contributed by atoms with Crippen LogP contribution in [0.25, 0.3) is 0 Å². The van der Waals surface area contributed by atoms with Gasteiger partial charge in [-0.05, 0) is 0 Å². The first kappa shape index (κ1) is 19.4. The summed E-state index contributed by atoms with van der Waals surface area (Å²) in [6.07, 6.45) is 0. The lowest BCUT2D eigenvalue weighted by Crippen LogP contribution is -2.28. The third kappa shape index (κ3) is 3.16. The molecule has 132 valence electrons. The fourth-order valence-corrected chi connectivity index (χ4v) is 2.31. The van der Waals surface area contributed by atoms with E-state index in [1.807, 2.05) is 0 Å². The van der Waals surface area contributed by atoms with Crippen LogP contribution in [-0.2, 0) is 4.79 Å². The number of hydrogen-bond donors (Lipinski definition) is 3. The van der Waals surface area contributed by atoms with Gasteiger partial charge in [-0.25, -0.2) is 4.42 Å². The van der Waals surface area contributed by atoms with Gasteiger partial charge in [-0.15, -0.1) is 0 Å². The fraction of sp³-hybridized carbons (Fsp3) is 0.357. The van der Waals surface area contributed by atoms with Gasteiger partial charge < -0.3 is 25.8 Å². The number of amides is 3. The van der Waals surface area contributed by atoms with E-state index in [1.54, 1.807) is 0 Å². The Morgan fingerprint density at radius 1 is 1.00 bits per heavy atom. The largest absolute Gasteiger partial charge is 0.494 e. The molecule has 0 saturated carbocycles. The number of anilines is 2. The van der Waals surface area contributed by atoms with Crippen LogP contribution in [0.5, 0.6) is 11.5 Å². The maximum Gasteiger partial charge on any atom is 0.257 e. The van der Waals surface area contributed by atoms with Crippen molar-refractivity contribution < 1.29 is 23.9 Å². The van der Waals surface area contributed by atoms with Crippen molar-refractivity contribution in [2.45, 2.75) is 6.92 Å². The molecule has 1 aromatic rings. The lowest BCUT2D eigenvalue weighted by Gasteiger charge is -2.24. The normalized spacial score (nSPS) is 9.92. The second kappa shape index (κ2) is 7.73. The monoisotopic (exact) mass is 358 g/mol. The lowest BCUT2D eigenvalue weighted by atomic mass is 10.0. The molecular formula is C14H19ClN4O5. The molecule has 1 rings (SSSR count). The number of nitrogens with two attached hydrogens (primary N) is 1. The zero-order chi connectivity index (χ0) is 18.6. The molecule has 0 fully saturated rings. The summed E-state index contributed by atoms with van der Waals surface area (Å²) in [7, 11) is 5.31. The van der Waals surface area contributed by atoms with Gasteiger partial charge >= 0.3 is 0 Å². The molecule has 0 aliphatic heterocycles. The van der Waals surface area contributed by atoms with E-state index < -0.39 is 17.7 Å². The quantitative estimate of drug-likeness (QED) is 0.520. The van der Waals surface area contributed by atoms with Gasteiger partial charge in [0, 0.05) is 32.8 Å². The maximum atomic E-state index is 12.3. The molecule has 0 unspecified atom stereocenters. The number of nitrogens with zero attached hydrogens (tertiary/aromatic N) is 1. The van der Waals surface area contributed by atoms with E-state index in [-0.39, 0.29) is 34.0 Å². The molecule has 1 aromatic carbocycles. The number of ether oxygens (including phenoxy) is 2. The minimum Gasteiger partial charge on any atom is -0.494 e. The number of carbonyl (C=O) groups is 3. The first-order valence-electron chi connectivity index (χ1n) is 6.74. The van der Waals surface area contributed by atoms with Crippen molar-refractivity contribution in [3.8, 4) is 11.5 Å². The third-order valence-electron chi connectivity index (χ3n) is 3.21. The van der Waals surface area contributed by atoms with E-state index in [4.69, 9.17) is 27.0 Å². The molecule has 0 aliphatic rings. The highest BCUT2D eigenvalue weighted by atomic mass is 35.5. The number of rotatable bonds is 5. The molecule has 3 amide bonds. The summed E-state index contributed by atoms with van der Waals surface area (Å²) in [4.78, 5) is 36.3. The van der Waals surface area contributed by atoms with Gasteiger partial charge in [0.25, 0.3) is 11.8 Å². The standard InChI is InChI=1S/C14H19ClN4O5/c1-6(20)19(15)10-8(14(22)18-3)11(23-4)9(16)7(12(10)24-5)13(21)17-2/h16H2,1-5H3,(H,17,21)(H,18,22). The Labute approximate surface area is 144 Å².